The van der Waals surface area contributed by atoms with Crippen molar-refractivity contribution in [3.8, 4) is 0 Å². The van der Waals surface area contributed by atoms with E-state index in [1.165, 1.54) is 11.1 Å². The first-order valence-electron chi connectivity index (χ1n) is 7.22. The number of hydrogen-bond donors (Lipinski definition) is 1. The van der Waals surface area contributed by atoms with E-state index in [-0.39, 0.29) is 5.91 Å². The van der Waals surface area contributed by atoms with Gasteiger partial charge in [-0.1, -0.05) is 18.2 Å². The molecule has 21 heavy (non-hydrogen) atoms. The van der Waals surface area contributed by atoms with Gasteiger partial charge in [-0.3, -0.25) is 4.79 Å². The molecule has 1 amide bonds. The number of carbonyl (C=O) groups is 1. The molecule has 0 aliphatic rings. The summed E-state index contributed by atoms with van der Waals surface area (Å²) >= 11 is 0. The minimum Gasteiger partial charge on any atom is -0.399 e. The van der Waals surface area contributed by atoms with Crippen LogP contribution in [0.2, 0.25) is 0 Å². The number of likely N-dealkylation sites (N-methyl/N-ethyl adjacent to an activating group) is 1. The van der Waals surface area contributed by atoms with E-state index in [0.29, 0.717) is 18.7 Å². The van der Waals surface area contributed by atoms with Crippen molar-refractivity contribution in [2.24, 2.45) is 0 Å². The second kappa shape index (κ2) is 6.44. The number of hydrogen-bond acceptors (Lipinski definition) is 2. The molecule has 2 aromatic carbocycles. The number of nitrogen functional groups attached to an aromatic ring is 1. The van der Waals surface area contributed by atoms with Crippen LogP contribution in [0.15, 0.2) is 42.5 Å². The highest BCUT2D eigenvalue weighted by Crippen LogP contribution is 2.20. The molecule has 2 aromatic rings. The zero-order valence-electron chi connectivity index (χ0n) is 12.9. The average molecular weight is 282 g/mol. The third-order valence-corrected chi connectivity index (χ3v) is 3.47. The zero-order chi connectivity index (χ0) is 15.4. The molecule has 0 saturated carbocycles. The summed E-state index contributed by atoms with van der Waals surface area (Å²) < 4.78 is 0. The van der Waals surface area contributed by atoms with Crippen LogP contribution in [0.4, 0.5) is 11.4 Å². The molecule has 0 radical (unpaired) electrons. The lowest BCUT2D eigenvalue weighted by Crippen LogP contribution is -2.32. The van der Waals surface area contributed by atoms with E-state index >= 15 is 0 Å². The van der Waals surface area contributed by atoms with Crippen molar-refractivity contribution < 1.29 is 4.79 Å². The Morgan fingerprint density at radius 2 is 1.62 bits per heavy atom. The number of nitrogens with zero attached hydrogens (tertiary/aromatic N) is 1. The van der Waals surface area contributed by atoms with Crippen molar-refractivity contribution in [3.05, 3.63) is 59.2 Å². The molecule has 3 heteroatoms. The topological polar surface area (TPSA) is 46.3 Å². The summed E-state index contributed by atoms with van der Waals surface area (Å²) in [5.74, 6) is 0.104. The Balaban J connectivity index is 2.20. The van der Waals surface area contributed by atoms with Crippen LogP contribution in [0.3, 0.4) is 0 Å². The van der Waals surface area contributed by atoms with Crippen molar-refractivity contribution in [2.75, 3.05) is 17.2 Å². The van der Waals surface area contributed by atoms with E-state index < -0.39 is 0 Å². The van der Waals surface area contributed by atoms with Gasteiger partial charge < -0.3 is 10.6 Å². The van der Waals surface area contributed by atoms with Gasteiger partial charge in [-0.05, 0) is 61.7 Å². The molecule has 0 aliphatic carbocycles. The maximum Gasteiger partial charge on any atom is 0.231 e. The molecular formula is C18H22N2O. The Morgan fingerprint density at radius 1 is 1.05 bits per heavy atom. The second-order valence-electron chi connectivity index (χ2n) is 5.40. The maximum absolute atomic E-state index is 12.5. The van der Waals surface area contributed by atoms with Crippen molar-refractivity contribution in [1.29, 1.82) is 0 Å². The molecular weight excluding hydrogens is 260 g/mol. The van der Waals surface area contributed by atoms with Crippen LogP contribution in [-0.4, -0.2) is 12.5 Å². The van der Waals surface area contributed by atoms with E-state index in [2.05, 4.69) is 32.0 Å². The SMILES string of the molecule is CCN(C(=O)Cc1ccc(N)cc1)c1cc(C)cc(C)c1. The van der Waals surface area contributed by atoms with Crippen LogP contribution in [-0.2, 0) is 11.2 Å². The normalized spacial score (nSPS) is 10.4. The highest BCUT2D eigenvalue weighted by atomic mass is 16.2. The number of amides is 1. The standard InChI is InChI=1S/C18H22N2O/c1-4-20(17-10-13(2)9-14(3)11-17)18(21)12-15-5-7-16(19)8-6-15/h5-11H,4,12,19H2,1-3H3. The highest BCUT2D eigenvalue weighted by molar-refractivity contribution is 5.94. The van der Waals surface area contributed by atoms with Gasteiger partial charge in [0.15, 0.2) is 0 Å². The van der Waals surface area contributed by atoms with Gasteiger partial charge in [0.25, 0.3) is 0 Å². The van der Waals surface area contributed by atoms with Gasteiger partial charge in [-0.15, -0.1) is 0 Å². The lowest BCUT2D eigenvalue weighted by Gasteiger charge is -2.22. The summed E-state index contributed by atoms with van der Waals surface area (Å²) in [4.78, 5) is 14.4. The van der Waals surface area contributed by atoms with Crippen molar-refractivity contribution in [2.45, 2.75) is 27.2 Å². The van der Waals surface area contributed by atoms with Gasteiger partial charge >= 0.3 is 0 Å². The largest absolute Gasteiger partial charge is 0.399 e. The summed E-state index contributed by atoms with van der Waals surface area (Å²) in [6.45, 7) is 6.76. The fourth-order valence-corrected chi connectivity index (χ4v) is 2.51. The summed E-state index contributed by atoms with van der Waals surface area (Å²) in [5, 5.41) is 0. The lowest BCUT2D eigenvalue weighted by molar-refractivity contribution is -0.117. The molecule has 2 rings (SSSR count). The van der Waals surface area contributed by atoms with Crippen molar-refractivity contribution in [1.82, 2.24) is 0 Å². The van der Waals surface area contributed by atoms with Gasteiger partial charge in [0, 0.05) is 17.9 Å². The van der Waals surface area contributed by atoms with Crippen LogP contribution in [0, 0.1) is 13.8 Å². The summed E-state index contributed by atoms with van der Waals surface area (Å²) in [5.41, 5.74) is 10.7. The summed E-state index contributed by atoms with van der Waals surface area (Å²) in [6.07, 6.45) is 0.390. The smallest absolute Gasteiger partial charge is 0.231 e. The Hall–Kier alpha value is -2.29. The fourth-order valence-electron chi connectivity index (χ4n) is 2.51. The number of nitrogens with two attached hydrogens (primary N) is 1. The predicted molar refractivity (Wildman–Crippen MR) is 88.5 cm³/mol. The number of rotatable bonds is 4. The van der Waals surface area contributed by atoms with Gasteiger partial charge in [0.1, 0.15) is 0 Å². The van der Waals surface area contributed by atoms with Gasteiger partial charge in [0.2, 0.25) is 5.91 Å². The Kier molecular flexibility index (Phi) is 4.63. The second-order valence-corrected chi connectivity index (χ2v) is 5.40. The van der Waals surface area contributed by atoms with Crippen LogP contribution >= 0.6 is 0 Å². The first-order chi connectivity index (χ1) is 9.99. The molecule has 3 nitrogen and oxygen atoms in total. The molecule has 0 atom stereocenters. The fraction of sp³-hybridized carbons (Fsp3) is 0.278. The molecule has 0 fully saturated rings. The molecule has 0 bridgehead atoms. The average Bonchev–Trinajstić information content (AvgIpc) is 2.41. The predicted octanol–water partition coefficient (Wildman–Crippen LogP) is 3.48. The lowest BCUT2D eigenvalue weighted by atomic mass is 10.1. The third kappa shape index (κ3) is 3.85. The summed E-state index contributed by atoms with van der Waals surface area (Å²) in [6, 6.07) is 13.7. The molecule has 0 unspecified atom stereocenters. The Bertz CT molecular complexity index is 612. The van der Waals surface area contributed by atoms with Crippen LogP contribution in [0.5, 0.6) is 0 Å². The number of carbonyl (C=O) groups excluding carboxylic acids is 1. The zero-order valence-corrected chi connectivity index (χ0v) is 12.9. The number of benzene rings is 2. The maximum atomic E-state index is 12.5. The van der Waals surface area contributed by atoms with Crippen LogP contribution in [0.1, 0.15) is 23.6 Å². The Labute approximate surface area is 126 Å². The van der Waals surface area contributed by atoms with Gasteiger partial charge in [-0.25, -0.2) is 0 Å². The summed E-state index contributed by atoms with van der Waals surface area (Å²) in [7, 11) is 0. The molecule has 0 aromatic heterocycles. The number of aryl methyl sites for hydroxylation is 2. The molecule has 0 aliphatic heterocycles. The monoisotopic (exact) mass is 282 g/mol. The van der Waals surface area contributed by atoms with Gasteiger partial charge in [-0.2, -0.15) is 0 Å². The first-order valence-corrected chi connectivity index (χ1v) is 7.22. The molecule has 110 valence electrons. The van der Waals surface area contributed by atoms with E-state index in [1.807, 2.05) is 36.1 Å². The van der Waals surface area contributed by atoms with Crippen LogP contribution < -0.4 is 10.6 Å². The minimum atomic E-state index is 0.104. The first kappa shape index (κ1) is 15.1. The van der Waals surface area contributed by atoms with Crippen molar-refractivity contribution >= 4 is 17.3 Å². The minimum absolute atomic E-state index is 0.104. The molecule has 0 saturated heterocycles. The third-order valence-electron chi connectivity index (χ3n) is 3.47. The van der Waals surface area contributed by atoms with E-state index in [0.717, 1.165) is 11.3 Å². The molecule has 0 heterocycles. The van der Waals surface area contributed by atoms with Gasteiger partial charge in [0.05, 0.1) is 6.42 Å². The Morgan fingerprint density at radius 3 is 2.14 bits per heavy atom. The van der Waals surface area contributed by atoms with Crippen LogP contribution in [0.25, 0.3) is 0 Å². The quantitative estimate of drug-likeness (QED) is 0.873. The van der Waals surface area contributed by atoms with E-state index in [4.69, 9.17) is 5.73 Å². The van der Waals surface area contributed by atoms with E-state index in [1.54, 1.807) is 0 Å². The molecule has 2 N–H and O–H groups in total. The van der Waals surface area contributed by atoms with Crippen molar-refractivity contribution in [3.63, 3.8) is 0 Å². The number of anilines is 2. The van der Waals surface area contributed by atoms with E-state index in [9.17, 15) is 4.79 Å². The highest BCUT2D eigenvalue weighted by Gasteiger charge is 2.15. The molecule has 0 spiro atoms.